The maximum absolute atomic E-state index is 6.08. The first-order valence-corrected chi connectivity index (χ1v) is 6.69. The average molecular weight is 270 g/mol. The maximum atomic E-state index is 6.08. The summed E-state index contributed by atoms with van der Waals surface area (Å²) in [6.45, 7) is 2.15. The van der Waals surface area contributed by atoms with E-state index in [1.807, 2.05) is 0 Å². The molecule has 0 aliphatic heterocycles. The number of methoxy groups -OCH3 is 1. The van der Waals surface area contributed by atoms with E-state index >= 15 is 0 Å². The second-order valence-corrected chi connectivity index (χ2v) is 4.96. The molecule has 2 rings (SSSR count). The molecule has 3 heteroatoms. The topological polar surface area (TPSA) is 35.2 Å². The van der Waals surface area contributed by atoms with Crippen molar-refractivity contribution in [3.05, 3.63) is 28.8 Å². The molecule has 0 saturated heterocycles. The molecule has 1 aromatic carbocycles. The van der Waals surface area contributed by atoms with E-state index in [9.17, 15) is 0 Å². The Hall–Kier alpha value is -0.730. The van der Waals surface area contributed by atoms with Gasteiger partial charge in [-0.3, -0.25) is 0 Å². The van der Waals surface area contributed by atoms with Crippen molar-refractivity contribution in [2.75, 3.05) is 7.11 Å². The molecule has 0 bridgehead atoms. The summed E-state index contributed by atoms with van der Waals surface area (Å²) in [5.41, 5.74) is 10.5. The van der Waals surface area contributed by atoms with Crippen LogP contribution in [-0.2, 0) is 19.3 Å². The Bertz CT molecular complexity index is 392. The molecule has 1 atom stereocenters. The summed E-state index contributed by atoms with van der Waals surface area (Å²) in [6.07, 6.45) is 6.98. The lowest BCUT2D eigenvalue weighted by Crippen LogP contribution is -2.23. The molecule has 1 aromatic rings. The third-order valence-corrected chi connectivity index (χ3v) is 3.82. The van der Waals surface area contributed by atoms with Crippen molar-refractivity contribution in [1.82, 2.24) is 0 Å². The molecule has 0 spiro atoms. The minimum atomic E-state index is 0. The van der Waals surface area contributed by atoms with Crippen LogP contribution < -0.4 is 10.5 Å². The molecule has 0 amide bonds. The van der Waals surface area contributed by atoms with Crippen LogP contribution in [0.5, 0.6) is 5.75 Å². The van der Waals surface area contributed by atoms with E-state index in [1.54, 1.807) is 7.11 Å². The van der Waals surface area contributed by atoms with Gasteiger partial charge in [-0.2, -0.15) is 0 Å². The van der Waals surface area contributed by atoms with Gasteiger partial charge >= 0.3 is 0 Å². The Kier molecular flexibility index (Phi) is 5.97. The number of hydrogen-bond donors (Lipinski definition) is 1. The van der Waals surface area contributed by atoms with Crippen molar-refractivity contribution in [3.8, 4) is 5.75 Å². The predicted octanol–water partition coefficient (Wildman–Crippen LogP) is 3.28. The highest BCUT2D eigenvalue weighted by Gasteiger charge is 2.18. The van der Waals surface area contributed by atoms with E-state index < -0.39 is 0 Å². The lowest BCUT2D eigenvalue weighted by Gasteiger charge is -2.23. The van der Waals surface area contributed by atoms with E-state index in [4.69, 9.17) is 10.5 Å². The minimum absolute atomic E-state index is 0. The molecule has 1 aliphatic carbocycles. The van der Waals surface area contributed by atoms with Gasteiger partial charge < -0.3 is 10.5 Å². The number of rotatable bonds is 4. The van der Waals surface area contributed by atoms with E-state index in [1.165, 1.54) is 36.0 Å². The van der Waals surface area contributed by atoms with Crippen LogP contribution in [0.4, 0.5) is 0 Å². The van der Waals surface area contributed by atoms with Gasteiger partial charge in [0.05, 0.1) is 7.11 Å². The predicted molar refractivity (Wildman–Crippen MR) is 78.9 cm³/mol. The summed E-state index contributed by atoms with van der Waals surface area (Å²) in [6, 6.07) is 4.61. The Morgan fingerprint density at radius 2 is 1.89 bits per heavy atom. The summed E-state index contributed by atoms with van der Waals surface area (Å²) in [4.78, 5) is 0. The van der Waals surface area contributed by atoms with E-state index in [0.29, 0.717) is 0 Å². The Morgan fingerprint density at radius 3 is 2.50 bits per heavy atom. The van der Waals surface area contributed by atoms with E-state index in [2.05, 4.69) is 19.1 Å². The molecule has 0 radical (unpaired) electrons. The van der Waals surface area contributed by atoms with E-state index in [0.717, 1.165) is 25.0 Å². The van der Waals surface area contributed by atoms with Crippen LogP contribution in [0.3, 0.4) is 0 Å². The molecule has 0 saturated carbocycles. The van der Waals surface area contributed by atoms with Gasteiger partial charge in [0.25, 0.3) is 0 Å². The number of ether oxygens (including phenoxy) is 1. The number of halogens is 1. The number of fused-ring (bicyclic) bond motifs is 1. The zero-order valence-corrected chi connectivity index (χ0v) is 12.2. The molecule has 102 valence electrons. The van der Waals surface area contributed by atoms with Gasteiger partial charge in [0.15, 0.2) is 0 Å². The summed E-state index contributed by atoms with van der Waals surface area (Å²) in [5.74, 6) is 1.06. The van der Waals surface area contributed by atoms with Gasteiger partial charge in [0, 0.05) is 6.04 Å². The highest BCUT2D eigenvalue weighted by molar-refractivity contribution is 5.85. The van der Waals surface area contributed by atoms with Gasteiger partial charge in [0.2, 0.25) is 0 Å². The molecular weight excluding hydrogens is 246 g/mol. The monoisotopic (exact) mass is 269 g/mol. The second kappa shape index (κ2) is 7.01. The highest BCUT2D eigenvalue weighted by Crippen LogP contribution is 2.32. The van der Waals surface area contributed by atoms with Crippen LogP contribution in [0.2, 0.25) is 0 Å². The Balaban J connectivity index is 0.00000162. The van der Waals surface area contributed by atoms with Gasteiger partial charge in [-0.15, -0.1) is 12.4 Å². The fraction of sp³-hybridized carbons (Fsp3) is 0.600. The molecule has 2 N–H and O–H groups in total. The van der Waals surface area contributed by atoms with Gasteiger partial charge in [0.1, 0.15) is 5.75 Å². The van der Waals surface area contributed by atoms with Crippen molar-refractivity contribution in [3.63, 3.8) is 0 Å². The smallest absolute Gasteiger partial charge is 0.122 e. The van der Waals surface area contributed by atoms with Crippen LogP contribution in [0.15, 0.2) is 12.1 Å². The summed E-state index contributed by atoms with van der Waals surface area (Å²) in [7, 11) is 1.77. The molecule has 2 nitrogen and oxygen atoms in total. The zero-order valence-electron chi connectivity index (χ0n) is 11.4. The molecule has 0 aromatic heterocycles. The quantitative estimate of drug-likeness (QED) is 0.911. The largest absolute Gasteiger partial charge is 0.496 e. The third kappa shape index (κ3) is 3.18. The first-order valence-electron chi connectivity index (χ1n) is 6.69. The van der Waals surface area contributed by atoms with Crippen LogP contribution in [-0.4, -0.2) is 13.2 Å². The standard InChI is InChI=1S/C15H23NO.ClH/c1-3-12(16)10-11-8-9-15(17-2)14-7-5-4-6-13(11)14;/h8-9,12H,3-7,10,16H2,1-2H3;1H. The Morgan fingerprint density at radius 1 is 1.22 bits per heavy atom. The fourth-order valence-electron chi connectivity index (χ4n) is 2.72. The number of hydrogen-bond acceptors (Lipinski definition) is 2. The third-order valence-electron chi connectivity index (χ3n) is 3.82. The average Bonchev–Trinajstić information content (AvgIpc) is 2.39. The first kappa shape index (κ1) is 15.3. The van der Waals surface area contributed by atoms with Gasteiger partial charge in [-0.1, -0.05) is 13.0 Å². The van der Waals surface area contributed by atoms with Crippen LogP contribution in [0, 0.1) is 0 Å². The molecule has 0 fully saturated rings. The minimum Gasteiger partial charge on any atom is -0.496 e. The van der Waals surface area contributed by atoms with Crippen LogP contribution in [0.1, 0.15) is 42.9 Å². The Labute approximate surface area is 116 Å². The maximum Gasteiger partial charge on any atom is 0.122 e. The summed E-state index contributed by atoms with van der Waals surface area (Å²) >= 11 is 0. The molecule has 18 heavy (non-hydrogen) atoms. The summed E-state index contributed by atoms with van der Waals surface area (Å²) < 4.78 is 5.47. The van der Waals surface area contributed by atoms with Crippen molar-refractivity contribution < 1.29 is 4.74 Å². The van der Waals surface area contributed by atoms with Crippen LogP contribution >= 0.6 is 12.4 Å². The number of benzene rings is 1. The zero-order chi connectivity index (χ0) is 12.3. The normalized spacial score (nSPS) is 15.5. The SMILES string of the molecule is CCC(N)Cc1ccc(OC)c2c1CCCC2.Cl. The number of nitrogens with two attached hydrogens (primary N) is 1. The van der Waals surface area contributed by atoms with Crippen molar-refractivity contribution >= 4 is 12.4 Å². The molecular formula is C15H24ClNO. The van der Waals surface area contributed by atoms with Crippen molar-refractivity contribution in [1.29, 1.82) is 0 Å². The molecule has 0 heterocycles. The van der Waals surface area contributed by atoms with Gasteiger partial charge in [-0.05, 0) is 61.3 Å². The van der Waals surface area contributed by atoms with Crippen molar-refractivity contribution in [2.24, 2.45) is 5.73 Å². The summed E-state index contributed by atoms with van der Waals surface area (Å²) in [5, 5.41) is 0. The fourth-order valence-corrected chi connectivity index (χ4v) is 2.72. The lowest BCUT2D eigenvalue weighted by atomic mass is 9.85. The van der Waals surface area contributed by atoms with E-state index in [-0.39, 0.29) is 18.4 Å². The lowest BCUT2D eigenvalue weighted by molar-refractivity contribution is 0.405. The van der Waals surface area contributed by atoms with Gasteiger partial charge in [-0.25, -0.2) is 0 Å². The second-order valence-electron chi connectivity index (χ2n) is 4.96. The van der Waals surface area contributed by atoms with Crippen LogP contribution in [0.25, 0.3) is 0 Å². The first-order chi connectivity index (χ1) is 8.26. The molecule has 1 aliphatic rings. The molecule has 1 unspecified atom stereocenters. The van der Waals surface area contributed by atoms with Crippen molar-refractivity contribution in [2.45, 2.75) is 51.5 Å². The highest BCUT2D eigenvalue weighted by atomic mass is 35.5.